The number of thiophene rings is 1. The van der Waals surface area contributed by atoms with Gasteiger partial charge in [-0.2, -0.15) is 0 Å². The van der Waals surface area contributed by atoms with E-state index in [1.165, 1.54) is 21.8 Å². The van der Waals surface area contributed by atoms with Crippen molar-refractivity contribution in [2.24, 2.45) is 5.73 Å². The second kappa shape index (κ2) is 8.57. The van der Waals surface area contributed by atoms with E-state index in [1.807, 2.05) is 24.3 Å². The Morgan fingerprint density at radius 2 is 1.85 bits per heavy atom. The molecule has 2 aromatic rings. The molecule has 0 fully saturated rings. The minimum absolute atomic E-state index is 0.109. The van der Waals surface area contributed by atoms with Crippen molar-refractivity contribution in [3.8, 4) is 5.75 Å². The van der Waals surface area contributed by atoms with Crippen LogP contribution in [0.15, 0.2) is 24.3 Å². The number of amides is 2. The molecule has 1 aromatic heterocycles. The fourth-order valence-corrected chi connectivity index (χ4v) is 4.66. The molecule has 3 N–H and O–H groups in total. The summed E-state index contributed by atoms with van der Waals surface area (Å²) in [5, 5.41) is 3.38. The Labute approximate surface area is 163 Å². The van der Waals surface area contributed by atoms with Crippen LogP contribution in [0.5, 0.6) is 5.75 Å². The smallest absolute Gasteiger partial charge is 0.262 e. The Morgan fingerprint density at radius 3 is 2.52 bits per heavy atom. The SMILES string of the molecule is CC(C)c1ccc(OCC(=O)Nc2sc3c(c2C(N)=O)CCCCC3)cc1. The number of anilines is 1. The predicted molar refractivity (Wildman–Crippen MR) is 109 cm³/mol. The van der Waals surface area contributed by atoms with E-state index in [0.717, 1.165) is 37.7 Å². The monoisotopic (exact) mass is 386 g/mol. The summed E-state index contributed by atoms with van der Waals surface area (Å²) in [5.41, 5.74) is 8.32. The molecule has 1 aliphatic carbocycles. The second-order valence-electron chi connectivity index (χ2n) is 7.19. The molecule has 6 heteroatoms. The van der Waals surface area contributed by atoms with Crippen molar-refractivity contribution < 1.29 is 14.3 Å². The van der Waals surface area contributed by atoms with Crippen LogP contribution < -0.4 is 15.8 Å². The molecule has 144 valence electrons. The molecule has 0 radical (unpaired) electrons. The van der Waals surface area contributed by atoms with E-state index in [1.54, 1.807) is 0 Å². The van der Waals surface area contributed by atoms with Crippen molar-refractivity contribution in [2.75, 3.05) is 11.9 Å². The summed E-state index contributed by atoms with van der Waals surface area (Å²) >= 11 is 1.47. The highest BCUT2D eigenvalue weighted by atomic mass is 32.1. The van der Waals surface area contributed by atoms with Gasteiger partial charge in [-0.3, -0.25) is 9.59 Å². The molecule has 1 heterocycles. The molecule has 1 aromatic carbocycles. The number of nitrogens with one attached hydrogen (secondary N) is 1. The maximum absolute atomic E-state index is 12.3. The summed E-state index contributed by atoms with van der Waals surface area (Å²) in [6.45, 7) is 4.15. The first-order valence-electron chi connectivity index (χ1n) is 9.42. The maximum atomic E-state index is 12.3. The minimum Gasteiger partial charge on any atom is -0.484 e. The van der Waals surface area contributed by atoms with Gasteiger partial charge in [-0.15, -0.1) is 11.3 Å². The Bertz CT molecular complexity index is 825. The number of fused-ring (bicyclic) bond motifs is 1. The number of carbonyl (C=O) groups excluding carboxylic acids is 2. The summed E-state index contributed by atoms with van der Waals surface area (Å²) in [6, 6.07) is 7.73. The molecule has 0 aliphatic heterocycles. The van der Waals surface area contributed by atoms with Crippen molar-refractivity contribution in [2.45, 2.75) is 51.9 Å². The van der Waals surface area contributed by atoms with Gasteiger partial charge in [-0.05, 0) is 54.9 Å². The lowest BCUT2D eigenvalue weighted by molar-refractivity contribution is -0.118. The molecule has 27 heavy (non-hydrogen) atoms. The van der Waals surface area contributed by atoms with Crippen LogP contribution in [0.25, 0.3) is 0 Å². The number of nitrogens with two attached hydrogens (primary N) is 1. The highest BCUT2D eigenvalue weighted by molar-refractivity contribution is 7.17. The second-order valence-corrected chi connectivity index (χ2v) is 8.30. The first-order valence-corrected chi connectivity index (χ1v) is 10.2. The molecule has 2 amide bonds. The van der Waals surface area contributed by atoms with Crippen LogP contribution in [0.4, 0.5) is 5.00 Å². The molecular formula is C21H26N2O3S. The Hall–Kier alpha value is -2.34. The first kappa shape index (κ1) is 19.4. The van der Waals surface area contributed by atoms with Gasteiger partial charge in [0, 0.05) is 4.88 Å². The number of primary amides is 1. The van der Waals surface area contributed by atoms with Gasteiger partial charge < -0.3 is 15.8 Å². The molecule has 0 unspecified atom stereocenters. The van der Waals surface area contributed by atoms with Crippen LogP contribution in [-0.4, -0.2) is 18.4 Å². The van der Waals surface area contributed by atoms with Gasteiger partial charge in [-0.25, -0.2) is 0 Å². The van der Waals surface area contributed by atoms with E-state index in [9.17, 15) is 9.59 Å². The van der Waals surface area contributed by atoms with E-state index in [0.29, 0.717) is 22.2 Å². The maximum Gasteiger partial charge on any atom is 0.262 e. The highest BCUT2D eigenvalue weighted by Crippen LogP contribution is 2.37. The van der Waals surface area contributed by atoms with Gasteiger partial charge in [0.15, 0.2) is 6.61 Å². The minimum atomic E-state index is -0.477. The predicted octanol–water partition coefficient (Wildman–Crippen LogP) is 4.26. The van der Waals surface area contributed by atoms with E-state index in [4.69, 9.17) is 10.5 Å². The number of hydrogen-bond acceptors (Lipinski definition) is 4. The standard InChI is InChI=1S/C21H26N2O3S/c1-13(2)14-8-10-15(11-9-14)26-12-18(24)23-21-19(20(22)25)16-6-4-3-5-7-17(16)27-21/h8-11,13H,3-7,12H2,1-2H3,(H2,22,25)(H,23,24). The first-order chi connectivity index (χ1) is 13.0. The lowest BCUT2D eigenvalue weighted by Gasteiger charge is -2.09. The molecule has 0 saturated heterocycles. The Morgan fingerprint density at radius 1 is 1.15 bits per heavy atom. The number of hydrogen-bond donors (Lipinski definition) is 2. The van der Waals surface area contributed by atoms with Crippen molar-refractivity contribution in [3.05, 3.63) is 45.8 Å². The van der Waals surface area contributed by atoms with Gasteiger partial charge in [0.25, 0.3) is 11.8 Å². The molecule has 1 aliphatic rings. The van der Waals surface area contributed by atoms with E-state index in [2.05, 4.69) is 19.2 Å². The van der Waals surface area contributed by atoms with Crippen molar-refractivity contribution in [1.29, 1.82) is 0 Å². The van der Waals surface area contributed by atoms with Crippen LogP contribution in [0.2, 0.25) is 0 Å². The molecule has 0 spiro atoms. The van der Waals surface area contributed by atoms with Gasteiger partial charge >= 0.3 is 0 Å². The molecule has 0 saturated carbocycles. The fraction of sp³-hybridized carbons (Fsp3) is 0.429. The summed E-state index contributed by atoms with van der Waals surface area (Å²) in [4.78, 5) is 25.5. The third-order valence-corrected chi connectivity index (χ3v) is 6.04. The third kappa shape index (κ3) is 4.69. The Kier molecular flexibility index (Phi) is 6.16. The van der Waals surface area contributed by atoms with Gasteiger partial charge in [0.1, 0.15) is 10.8 Å². The number of ether oxygens (including phenoxy) is 1. The van der Waals surface area contributed by atoms with E-state index in [-0.39, 0.29) is 12.5 Å². The number of aryl methyl sites for hydroxylation is 1. The molecule has 3 rings (SSSR count). The van der Waals surface area contributed by atoms with Crippen LogP contribution in [-0.2, 0) is 17.6 Å². The zero-order chi connectivity index (χ0) is 19.4. The van der Waals surface area contributed by atoms with Crippen LogP contribution in [0.1, 0.15) is 65.4 Å². The number of benzene rings is 1. The molecule has 0 bridgehead atoms. The average Bonchev–Trinajstić information content (AvgIpc) is 2.81. The average molecular weight is 387 g/mol. The Balaban J connectivity index is 1.66. The van der Waals surface area contributed by atoms with E-state index < -0.39 is 5.91 Å². The zero-order valence-corrected chi connectivity index (χ0v) is 16.7. The lowest BCUT2D eigenvalue weighted by atomic mass is 10.0. The van der Waals surface area contributed by atoms with Crippen molar-refractivity contribution in [3.63, 3.8) is 0 Å². The summed E-state index contributed by atoms with van der Waals surface area (Å²) in [7, 11) is 0. The van der Waals surface area contributed by atoms with Crippen molar-refractivity contribution >= 4 is 28.2 Å². The quantitative estimate of drug-likeness (QED) is 0.728. The van der Waals surface area contributed by atoms with Crippen LogP contribution >= 0.6 is 11.3 Å². The van der Waals surface area contributed by atoms with Crippen molar-refractivity contribution in [1.82, 2.24) is 0 Å². The number of rotatable bonds is 6. The third-order valence-electron chi connectivity index (χ3n) is 4.84. The summed E-state index contributed by atoms with van der Waals surface area (Å²) in [6.07, 6.45) is 5.10. The lowest BCUT2D eigenvalue weighted by Crippen LogP contribution is -2.22. The highest BCUT2D eigenvalue weighted by Gasteiger charge is 2.24. The van der Waals surface area contributed by atoms with Crippen LogP contribution in [0, 0.1) is 0 Å². The molecular weight excluding hydrogens is 360 g/mol. The molecule has 0 atom stereocenters. The largest absolute Gasteiger partial charge is 0.484 e. The van der Waals surface area contributed by atoms with E-state index >= 15 is 0 Å². The van der Waals surface area contributed by atoms with Gasteiger partial charge in [-0.1, -0.05) is 32.4 Å². The van der Waals surface area contributed by atoms with Crippen LogP contribution in [0.3, 0.4) is 0 Å². The zero-order valence-electron chi connectivity index (χ0n) is 15.8. The summed E-state index contributed by atoms with van der Waals surface area (Å²) in [5.74, 6) is 0.326. The fourth-order valence-electron chi connectivity index (χ4n) is 3.35. The molecule has 5 nitrogen and oxygen atoms in total. The number of carbonyl (C=O) groups is 2. The van der Waals surface area contributed by atoms with Gasteiger partial charge in [0.2, 0.25) is 0 Å². The topological polar surface area (TPSA) is 81.4 Å². The van der Waals surface area contributed by atoms with Gasteiger partial charge in [0.05, 0.1) is 5.56 Å². The normalized spacial score (nSPS) is 13.7. The summed E-state index contributed by atoms with van der Waals surface area (Å²) < 4.78 is 5.57.